The molecule has 0 heterocycles. The fraction of sp³-hybridized carbons (Fsp3) is 0.333. The smallest absolute Gasteiger partial charge is 0.328 e. The predicted molar refractivity (Wildman–Crippen MR) is 66.4 cm³/mol. The molecule has 0 aromatic heterocycles. The summed E-state index contributed by atoms with van der Waals surface area (Å²) in [4.78, 5) is 22.3. The third-order valence-corrected chi connectivity index (χ3v) is 2.41. The summed E-state index contributed by atoms with van der Waals surface area (Å²) < 4.78 is 13.5. The summed E-state index contributed by atoms with van der Waals surface area (Å²) in [6.07, 6.45) is -1.27. The second kappa shape index (κ2) is 6.14. The van der Waals surface area contributed by atoms with Crippen LogP contribution in [0.2, 0.25) is 0 Å². The number of nitrogens with one attached hydrogen (secondary N) is 2. The minimum Gasteiger partial charge on any atom is -0.480 e. The molecule has 6 nitrogen and oxygen atoms in total. The number of amides is 2. The van der Waals surface area contributed by atoms with E-state index in [0.29, 0.717) is 5.56 Å². The maximum absolute atomic E-state index is 13.5. The fourth-order valence-corrected chi connectivity index (χ4v) is 1.41. The molecule has 2 atom stereocenters. The van der Waals surface area contributed by atoms with Gasteiger partial charge >= 0.3 is 12.0 Å². The number of aliphatic carboxylic acids is 1. The Hall–Kier alpha value is -2.15. The van der Waals surface area contributed by atoms with Gasteiger partial charge < -0.3 is 20.8 Å². The van der Waals surface area contributed by atoms with E-state index in [1.165, 1.54) is 19.1 Å². The van der Waals surface area contributed by atoms with Crippen molar-refractivity contribution in [3.63, 3.8) is 0 Å². The molecule has 1 aromatic rings. The van der Waals surface area contributed by atoms with Crippen LogP contribution in [0, 0.1) is 12.7 Å². The molecule has 1 rings (SSSR count). The number of carboxylic acids is 1. The molecular formula is C12H15FN2O4. The molecule has 0 fully saturated rings. The van der Waals surface area contributed by atoms with Crippen LogP contribution in [0.1, 0.15) is 12.5 Å². The van der Waals surface area contributed by atoms with Crippen molar-refractivity contribution in [2.75, 3.05) is 5.32 Å². The molecular weight excluding hydrogens is 255 g/mol. The lowest BCUT2D eigenvalue weighted by Crippen LogP contribution is -2.49. The molecule has 2 amide bonds. The van der Waals surface area contributed by atoms with Gasteiger partial charge in [0.05, 0.1) is 11.8 Å². The molecule has 1 aromatic carbocycles. The Kier molecular flexibility index (Phi) is 4.82. The number of urea groups is 1. The van der Waals surface area contributed by atoms with Crippen LogP contribution in [-0.2, 0) is 4.79 Å². The molecule has 104 valence electrons. The van der Waals surface area contributed by atoms with Crippen molar-refractivity contribution in [3.05, 3.63) is 29.6 Å². The van der Waals surface area contributed by atoms with Crippen molar-refractivity contribution >= 4 is 17.7 Å². The molecule has 0 aliphatic heterocycles. The maximum Gasteiger partial charge on any atom is 0.328 e. The number of aliphatic hydroxyl groups excluding tert-OH is 1. The molecule has 0 radical (unpaired) electrons. The van der Waals surface area contributed by atoms with Crippen LogP contribution in [0.3, 0.4) is 0 Å². The van der Waals surface area contributed by atoms with E-state index in [1.54, 1.807) is 13.0 Å². The zero-order chi connectivity index (χ0) is 14.6. The van der Waals surface area contributed by atoms with Gasteiger partial charge in [0.15, 0.2) is 6.04 Å². The van der Waals surface area contributed by atoms with Crippen molar-refractivity contribution in [3.8, 4) is 0 Å². The molecule has 7 heteroatoms. The molecule has 0 saturated carbocycles. The molecule has 0 aliphatic rings. The van der Waals surface area contributed by atoms with Crippen molar-refractivity contribution < 1.29 is 24.2 Å². The first kappa shape index (κ1) is 14.9. The first-order chi connectivity index (χ1) is 8.81. The first-order valence-electron chi connectivity index (χ1n) is 5.56. The highest BCUT2D eigenvalue weighted by Crippen LogP contribution is 2.15. The van der Waals surface area contributed by atoms with Gasteiger partial charge in [0.1, 0.15) is 5.82 Å². The Bertz CT molecular complexity index is 491. The van der Waals surface area contributed by atoms with Crippen LogP contribution in [-0.4, -0.2) is 34.4 Å². The SMILES string of the molecule is Cc1ccc(NC(=O)N[C@H](C(=O)O)[C@@H](C)O)c(F)c1. The van der Waals surface area contributed by atoms with Crippen molar-refractivity contribution in [1.82, 2.24) is 5.32 Å². The average molecular weight is 270 g/mol. The summed E-state index contributed by atoms with van der Waals surface area (Å²) in [6, 6.07) is 1.83. The topological polar surface area (TPSA) is 98.7 Å². The molecule has 0 saturated heterocycles. The third kappa shape index (κ3) is 4.22. The Balaban J connectivity index is 2.72. The lowest BCUT2D eigenvalue weighted by Gasteiger charge is -2.17. The number of benzene rings is 1. The van der Waals surface area contributed by atoms with E-state index in [1.807, 2.05) is 5.32 Å². The maximum atomic E-state index is 13.5. The van der Waals surface area contributed by atoms with Gasteiger partial charge in [-0.15, -0.1) is 0 Å². The molecule has 0 bridgehead atoms. The van der Waals surface area contributed by atoms with Crippen LogP contribution >= 0.6 is 0 Å². The molecule has 19 heavy (non-hydrogen) atoms. The van der Waals surface area contributed by atoms with E-state index >= 15 is 0 Å². The second-order valence-electron chi connectivity index (χ2n) is 4.14. The largest absolute Gasteiger partial charge is 0.480 e. The van der Waals surface area contributed by atoms with Gasteiger partial charge in [-0.05, 0) is 31.5 Å². The number of anilines is 1. The first-order valence-corrected chi connectivity index (χ1v) is 5.56. The highest BCUT2D eigenvalue weighted by atomic mass is 19.1. The van der Waals surface area contributed by atoms with Crippen molar-refractivity contribution in [2.24, 2.45) is 0 Å². The fourth-order valence-electron chi connectivity index (χ4n) is 1.41. The zero-order valence-electron chi connectivity index (χ0n) is 10.5. The second-order valence-corrected chi connectivity index (χ2v) is 4.14. The Morgan fingerprint density at radius 3 is 2.47 bits per heavy atom. The van der Waals surface area contributed by atoms with Gasteiger partial charge in [0.25, 0.3) is 0 Å². The van der Waals surface area contributed by atoms with Gasteiger partial charge in [-0.2, -0.15) is 0 Å². The highest BCUT2D eigenvalue weighted by molar-refractivity contribution is 5.92. The van der Waals surface area contributed by atoms with E-state index < -0.39 is 30.0 Å². The summed E-state index contributed by atoms with van der Waals surface area (Å²) in [5.41, 5.74) is 0.619. The highest BCUT2D eigenvalue weighted by Gasteiger charge is 2.25. The number of carbonyl (C=O) groups excluding carboxylic acids is 1. The molecule has 0 unspecified atom stereocenters. The summed E-state index contributed by atoms with van der Waals surface area (Å²) in [5.74, 6) is -2.01. The number of aryl methyl sites for hydroxylation is 1. The molecule has 0 spiro atoms. The van der Waals surface area contributed by atoms with Crippen LogP contribution in [0.15, 0.2) is 18.2 Å². The van der Waals surface area contributed by atoms with E-state index in [2.05, 4.69) is 5.32 Å². The van der Waals surface area contributed by atoms with Gasteiger partial charge in [-0.25, -0.2) is 14.0 Å². The normalized spacial score (nSPS) is 13.5. The van der Waals surface area contributed by atoms with Crippen molar-refractivity contribution in [2.45, 2.75) is 26.0 Å². The number of rotatable bonds is 4. The van der Waals surface area contributed by atoms with Gasteiger partial charge in [-0.1, -0.05) is 6.07 Å². The quantitative estimate of drug-likeness (QED) is 0.658. The zero-order valence-corrected chi connectivity index (χ0v) is 10.5. The monoisotopic (exact) mass is 270 g/mol. The number of hydrogen-bond donors (Lipinski definition) is 4. The summed E-state index contributed by atoms with van der Waals surface area (Å²) in [7, 11) is 0. The number of carbonyl (C=O) groups is 2. The standard InChI is InChI=1S/C12H15FN2O4/c1-6-3-4-9(8(13)5-6)14-12(19)15-10(7(2)16)11(17)18/h3-5,7,10,16H,1-2H3,(H,17,18)(H2,14,15,19)/t7-,10+/m1/s1. The number of aliphatic hydroxyl groups is 1. The lowest BCUT2D eigenvalue weighted by atomic mass is 10.2. The molecule has 4 N–H and O–H groups in total. The van der Waals surface area contributed by atoms with Gasteiger partial charge in [0.2, 0.25) is 0 Å². The van der Waals surface area contributed by atoms with Crippen LogP contribution < -0.4 is 10.6 Å². The lowest BCUT2D eigenvalue weighted by molar-refractivity contribution is -0.141. The Labute approximate surface area is 109 Å². The predicted octanol–water partition coefficient (Wildman–Crippen LogP) is 1.09. The van der Waals surface area contributed by atoms with E-state index in [-0.39, 0.29) is 5.69 Å². The van der Waals surface area contributed by atoms with Crippen LogP contribution in [0.25, 0.3) is 0 Å². The average Bonchev–Trinajstić information content (AvgIpc) is 2.29. The third-order valence-electron chi connectivity index (χ3n) is 2.41. The van der Waals surface area contributed by atoms with Crippen molar-refractivity contribution in [1.29, 1.82) is 0 Å². The van der Waals surface area contributed by atoms with Gasteiger partial charge in [-0.3, -0.25) is 0 Å². The number of hydrogen-bond acceptors (Lipinski definition) is 3. The number of halogens is 1. The summed E-state index contributed by atoms with van der Waals surface area (Å²) >= 11 is 0. The number of carboxylic acid groups (broad SMARTS) is 1. The van der Waals surface area contributed by atoms with Crippen LogP contribution in [0.4, 0.5) is 14.9 Å². The summed E-state index contributed by atoms with van der Waals surface area (Å²) in [5, 5.41) is 22.2. The Morgan fingerprint density at radius 2 is 2.00 bits per heavy atom. The van der Waals surface area contributed by atoms with E-state index in [0.717, 1.165) is 0 Å². The van der Waals surface area contributed by atoms with E-state index in [9.17, 15) is 19.1 Å². The van der Waals surface area contributed by atoms with Gasteiger partial charge in [0, 0.05) is 0 Å². The minimum atomic E-state index is -1.46. The van der Waals surface area contributed by atoms with E-state index in [4.69, 9.17) is 5.11 Å². The molecule has 0 aliphatic carbocycles. The van der Waals surface area contributed by atoms with Crippen LogP contribution in [0.5, 0.6) is 0 Å². The Morgan fingerprint density at radius 1 is 1.37 bits per heavy atom. The summed E-state index contributed by atoms with van der Waals surface area (Å²) in [6.45, 7) is 2.92. The minimum absolute atomic E-state index is 0.0715.